The van der Waals surface area contributed by atoms with Crippen LogP contribution in [0.1, 0.15) is 92.1 Å². The van der Waals surface area contributed by atoms with E-state index in [1.807, 2.05) is 11.3 Å². The second-order valence-corrected chi connectivity index (χ2v) is 7.62. The van der Waals surface area contributed by atoms with E-state index in [4.69, 9.17) is 4.98 Å². The molecule has 0 bridgehead atoms. The van der Waals surface area contributed by atoms with Crippen molar-refractivity contribution in [2.75, 3.05) is 6.54 Å². The third-order valence-electron chi connectivity index (χ3n) is 4.62. The van der Waals surface area contributed by atoms with Gasteiger partial charge in [0.05, 0.1) is 10.7 Å². The Morgan fingerprint density at radius 1 is 1.05 bits per heavy atom. The molecule has 20 heavy (non-hydrogen) atoms. The van der Waals surface area contributed by atoms with Gasteiger partial charge in [-0.05, 0) is 38.6 Å². The van der Waals surface area contributed by atoms with Crippen LogP contribution in [0.4, 0.5) is 0 Å². The second-order valence-electron chi connectivity index (χ2n) is 6.50. The third kappa shape index (κ3) is 3.62. The van der Waals surface area contributed by atoms with E-state index in [0.717, 1.165) is 24.9 Å². The first kappa shape index (κ1) is 14.5. The summed E-state index contributed by atoms with van der Waals surface area (Å²) >= 11 is 2.02. The van der Waals surface area contributed by atoms with Crippen molar-refractivity contribution in [3.63, 3.8) is 0 Å². The zero-order valence-electron chi connectivity index (χ0n) is 12.8. The Morgan fingerprint density at radius 3 is 2.45 bits per heavy atom. The van der Waals surface area contributed by atoms with Gasteiger partial charge in [0.15, 0.2) is 0 Å². The molecule has 2 saturated carbocycles. The van der Waals surface area contributed by atoms with Crippen molar-refractivity contribution in [1.29, 1.82) is 0 Å². The largest absolute Gasteiger partial charge is 0.312 e. The number of hydrogen-bond acceptors (Lipinski definition) is 3. The maximum atomic E-state index is 5.09. The SMILES string of the molecule is CCCNCc1sc(C2CCCCCC2)nc1C1CC1. The van der Waals surface area contributed by atoms with E-state index < -0.39 is 0 Å². The van der Waals surface area contributed by atoms with E-state index in [0.29, 0.717) is 0 Å². The van der Waals surface area contributed by atoms with E-state index in [2.05, 4.69) is 12.2 Å². The highest BCUT2D eigenvalue weighted by Crippen LogP contribution is 2.44. The average Bonchev–Trinajstić information content (AvgIpc) is 3.26. The molecule has 0 saturated heterocycles. The van der Waals surface area contributed by atoms with Gasteiger partial charge in [-0.3, -0.25) is 0 Å². The lowest BCUT2D eigenvalue weighted by Gasteiger charge is -2.09. The Hall–Kier alpha value is -0.410. The van der Waals surface area contributed by atoms with Crippen molar-refractivity contribution in [2.45, 2.75) is 83.1 Å². The molecule has 2 nitrogen and oxygen atoms in total. The van der Waals surface area contributed by atoms with Gasteiger partial charge in [0, 0.05) is 23.3 Å². The first-order chi connectivity index (χ1) is 9.88. The Bertz CT molecular complexity index is 415. The Kier molecular flexibility index (Phi) is 5.11. The normalized spacial score (nSPS) is 21.1. The molecule has 0 aliphatic heterocycles. The van der Waals surface area contributed by atoms with Crippen molar-refractivity contribution in [3.8, 4) is 0 Å². The third-order valence-corrected chi connectivity index (χ3v) is 5.86. The summed E-state index contributed by atoms with van der Waals surface area (Å²) in [6.07, 6.45) is 12.4. The molecule has 0 atom stereocenters. The monoisotopic (exact) mass is 292 g/mol. The molecule has 2 aliphatic rings. The van der Waals surface area contributed by atoms with E-state index in [1.165, 1.54) is 68.5 Å². The first-order valence-electron chi connectivity index (χ1n) is 8.58. The van der Waals surface area contributed by atoms with Crippen molar-refractivity contribution >= 4 is 11.3 Å². The lowest BCUT2D eigenvalue weighted by Crippen LogP contribution is -2.13. The van der Waals surface area contributed by atoms with Crippen LogP contribution in [0, 0.1) is 0 Å². The molecule has 1 N–H and O–H groups in total. The quantitative estimate of drug-likeness (QED) is 0.592. The van der Waals surface area contributed by atoms with Crippen LogP contribution >= 0.6 is 11.3 Å². The summed E-state index contributed by atoms with van der Waals surface area (Å²) in [5.41, 5.74) is 1.46. The van der Waals surface area contributed by atoms with Crippen molar-refractivity contribution in [1.82, 2.24) is 10.3 Å². The van der Waals surface area contributed by atoms with E-state index in [9.17, 15) is 0 Å². The molecule has 0 spiro atoms. The van der Waals surface area contributed by atoms with Crippen LogP contribution in [0.3, 0.4) is 0 Å². The van der Waals surface area contributed by atoms with Gasteiger partial charge >= 0.3 is 0 Å². The molecule has 0 amide bonds. The summed E-state index contributed by atoms with van der Waals surface area (Å²) in [6, 6.07) is 0. The maximum absolute atomic E-state index is 5.09. The van der Waals surface area contributed by atoms with Gasteiger partial charge < -0.3 is 5.32 Å². The first-order valence-corrected chi connectivity index (χ1v) is 9.40. The van der Waals surface area contributed by atoms with Gasteiger partial charge in [-0.25, -0.2) is 4.98 Å². The Balaban J connectivity index is 1.71. The number of rotatable bonds is 6. The minimum atomic E-state index is 0.764. The van der Waals surface area contributed by atoms with E-state index in [-0.39, 0.29) is 0 Å². The van der Waals surface area contributed by atoms with Crippen LogP contribution in [-0.4, -0.2) is 11.5 Å². The van der Waals surface area contributed by atoms with Gasteiger partial charge in [0.2, 0.25) is 0 Å². The molecule has 0 aromatic carbocycles. The van der Waals surface area contributed by atoms with Crippen LogP contribution in [-0.2, 0) is 6.54 Å². The predicted octanol–water partition coefficient (Wildman–Crippen LogP) is 4.96. The summed E-state index contributed by atoms with van der Waals surface area (Å²) in [5, 5.41) is 5.03. The molecule has 0 unspecified atom stereocenters. The highest BCUT2D eigenvalue weighted by molar-refractivity contribution is 7.11. The molecule has 112 valence electrons. The van der Waals surface area contributed by atoms with Crippen LogP contribution in [0.2, 0.25) is 0 Å². The molecule has 1 aromatic rings. The molecular formula is C17H28N2S. The molecular weight excluding hydrogens is 264 g/mol. The van der Waals surface area contributed by atoms with Gasteiger partial charge in [-0.1, -0.05) is 32.6 Å². The number of hydrogen-bond donors (Lipinski definition) is 1. The molecule has 3 heteroatoms. The number of nitrogens with one attached hydrogen (secondary N) is 1. The van der Waals surface area contributed by atoms with E-state index >= 15 is 0 Å². The fourth-order valence-corrected chi connectivity index (χ4v) is 4.55. The van der Waals surface area contributed by atoms with Gasteiger partial charge in [0.25, 0.3) is 0 Å². The van der Waals surface area contributed by atoms with Crippen LogP contribution in [0.5, 0.6) is 0 Å². The molecule has 1 aromatic heterocycles. The minimum absolute atomic E-state index is 0.764. The summed E-state index contributed by atoms with van der Waals surface area (Å²) < 4.78 is 0. The van der Waals surface area contributed by atoms with Gasteiger partial charge in [-0.15, -0.1) is 11.3 Å². The predicted molar refractivity (Wildman–Crippen MR) is 86.5 cm³/mol. The summed E-state index contributed by atoms with van der Waals surface area (Å²) in [5.74, 6) is 1.56. The second kappa shape index (κ2) is 7.04. The minimum Gasteiger partial charge on any atom is -0.312 e. The number of thiazole rings is 1. The van der Waals surface area contributed by atoms with Crippen LogP contribution in [0.25, 0.3) is 0 Å². The van der Waals surface area contributed by atoms with Crippen molar-refractivity contribution in [2.24, 2.45) is 0 Å². The Labute approximate surface area is 127 Å². The fourth-order valence-electron chi connectivity index (χ4n) is 3.26. The Morgan fingerprint density at radius 2 is 1.80 bits per heavy atom. The number of nitrogens with zero attached hydrogens (tertiary/aromatic N) is 1. The van der Waals surface area contributed by atoms with Gasteiger partial charge in [-0.2, -0.15) is 0 Å². The summed E-state index contributed by atoms with van der Waals surface area (Å²) in [4.78, 5) is 6.64. The smallest absolute Gasteiger partial charge is 0.0962 e. The zero-order chi connectivity index (χ0) is 13.8. The fraction of sp³-hybridized carbons (Fsp3) is 0.824. The summed E-state index contributed by atoms with van der Waals surface area (Å²) in [7, 11) is 0. The molecule has 1 heterocycles. The molecule has 3 rings (SSSR count). The lowest BCUT2D eigenvalue weighted by molar-refractivity contribution is 0.587. The highest BCUT2D eigenvalue weighted by atomic mass is 32.1. The molecule has 0 radical (unpaired) electrons. The van der Waals surface area contributed by atoms with Crippen LogP contribution < -0.4 is 5.32 Å². The van der Waals surface area contributed by atoms with Crippen LogP contribution in [0.15, 0.2) is 0 Å². The highest BCUT2D eigenvalue weighted by Gasteiger charge is 2.30. The lowest BCUT2D eigenvalue weighted by atomic mass is 10.0. The zero-order valence-corrected chi connectivity index (χ0v) is 13.6. The number of aromatic nitrogens is 1. The van der Waals surface area contributed by atoms with Crippen molar-refractivity contribution < 1.29 is 0 Å². The molecule has 2 aliphatic carbocycles. The van der Waals surface area contributed by atoms with E-state index in [1.54, 1.807) is 4.88 Å². The standard InChI is InChI=1S/C17H28N2S/c1-2-11-18-12-15-16(13-9-10-13)19-17(20-15)14-7-5-3-4-6-8-14/h13-14,18H,2-12H2,1H3. The topological polar surface area (TPSA) is 24.9 Å². The maximum Gasteiger partial charge on any atom is 0.0962 e. The summed E-state index contributed by atoms with van der Waals surface area (Å²) in [6.45, 7) is 4.41. The van der Waals surface area contributed by atoms with Crippen molar-refractivity contribution in [3.05, 3.63) is 15.6 Å². The molecule has 2 fully saturated rings. The average molecular weight is 292 g/mol. The van der Waals surface area contributed by atoms with Gasteiger partial charge in [0.1, 0.15) is 0 Å².